The number of ether oxygens (including phenoxy) is 1. The first-order valence-electron chi connectivity index (χ1n) is 5.85. The fourth-order valence-electron chi connectivity index (χ4n) is 1.70. The van der Waals surface area contributed by atoms with E-state index in [1.54, 1.807) is 7.11 Å². The molecule has 1 heterocycles. The van der Waals surface area contributed by atoms with Gasteiger partial charge < -0.3 is 15.0 Å². The highest BCUT2D eigenvalue weighted by Crippen LogP contribution is 2.17. The minimum absolute atomic E-state index is 0.0872. The van der Waals surface area contributed by atoms with E-state index in [1.807, 2.05) is 31.2 Å². The van der Waals surface area contributed by atoms with Crippen LogP contribution < -0.4 is 5.73 Å². The van der Waals surface area contributed by atoms with E-state index < -0.39 is 0 Å². The summed E-state index contributed by atoms with van der Waals surface area (Å²) in [7, 11) is 1.62. The van der Waals surface area contributed by atoms with E-state index in [1.165, 1.54) is 0 Å². The number of rotatable bonds is 5. The monoisotopic (exact) mass is 247 g/mol. The van der Waals surface area contributed by atoms with Crippen LogP contribution in [0.15, 0.2) is 28.8 Å². The number of hydrogen-bond acceptors (Lipinski definition) is 5. The third kappa shape index (κ3) is 2.94. The average molecular weight is 247 g/mol. The van der Waals surface area contributed by atoms with Gasteiger partial charge in [-0.15, -0.1) is 0 Å². The van der Waals surface area contributed by atoms with Gasteiger partial charge in [-0.2, -0.15) is 4.98 Å². The van der Waals surface area contributed by atoms with Gasteiger partial charge in [-0.1, -0.05) is 28.9 Å². The van der Waals surface area contributed by atoms with E-state index in [9.17, 15) is 0 Å². The molecule has 0 aliphatic carbocycles. The largest absolute Gasteiger partial charge is 0.380 e. The fourth-order valence-corrected chi connectivity index (χ4v) is 1.70. The van der Waals surface area contributed by atoms with Crippen molar-refractivity contribution in [3.63, 3.8) is 0 Å². The molecule has 0 saturated heterocycles. The van der Waals surface area contributed by atoms with Crippen LogP contribution in [0.4, 0.5) is 0 Å². The van der Waals surface area contributed by atoms with E-state index in [0.29, 0.717) is 24.7 Å². The Balaban J connectivity index is 2.15. The lowest BCUT2D eigenvalue weighted by Crippen LogP contribution is -2.24. The molecule has 0 fully saturated rings. The molecule has 5 nitrogen and oxygen atoms in total. The van der Waals surface area contributed by atoms with Crippen LogP contribution in [-0.2, 0) is 11.2 Å². The van der Waals surface area contributed by atoms with E-state index >= 15 is 0 Å². The van der Waals surface area contributed by atoms with Gasteiger partial charge in [0.15, 0.2) is 0 Å². The number of aryl methyl sites for hydroxylation is 1. The number of aromatic nitrogens is 2. The Bertz CT molecular complexity index is 506. The first kappa shape index (κ1) is 12.7. The smallest absolute Gasteiger partial charge is 0.229 e. The van der Waals surface area contributed by atoms with Gasteiger partial charge in [0, 0.05) is 19.2 Å². The molecule has 96 valence electrons. The molecule has 5 heteroatoms. The maximum atomic E-state index is 5.55. The Kier molecular flexibility index (Phi) is 4.07. The molecule has 2 N–H and O–H groups in total. The van der Waals surface area contributed by atoms with Crippen molar-refractivity contribution in [1.29, 1.82) is 0 Å². The van der Waals surface area contributed by atoms with Crippen molar-refractivity contribution in [2.75, 3.05) is 13.7 Å². The number of methoxy groups -OCH3 is 1. The molecule has 1 unspecified atom stereocenters. The molecule has 0 amide bonds. The fraction of sp³-hybridized carbons (Fsp3) is 0.385. The molecule has 0 aliphatic heterocycles. The second kappa shape index (κ2) is 5.75. The average Bonchev–Trinajstić information content (AvgIpc) is 2.84. The Labute approximate surface area is 106 Å². The third-order valence-corrected chi connectivity index (χ3v) is 2.74. The predicted octanol–water partition coefficient (Wildman–Crippen LogP) is 1.56. The second-order valence-corrected chi connectivity index (χ2v) is 4.18. The second-order valence-electron chi connectivity index (χ2n) is 4.18. The van der Waals surface area contributed by atoms with Crippen molar-refractivity contribution in [3.05, 3.63) is 35.7 Å². The predicted molar refractivity (Wildman–Crippen MR) is 68.0 cm³/mol. The van der Waals surface area contributed by atoms with Gasteiger partial charge in [0.05, 0.1) is 12.5 Å². The standard InChI is InChI=1S/C13H17N3O2/c1-9-4-3-5-10(6-9)13-15-12(18-16-13)7-11(8-14)17-2/h3-6,11H,7-8,14H2,1-2H3. The Morgan fingerprint density at radius 2 is 2.28 bits per heavy atom. The lowest BCUT2D eigenvalue weighted by molar-refractivity contribution is 0.102. The van der Waals surface area contributed by atoms with Crippen molar-refractivity contribution in [3.8, 4) is 11.4 Å². The van der Waals surface area contributed by atoms with Gasteiger partial charge in [0.1, 0.15) is 0 Å². The van der Waals surface area contributed by atoms with Crippen molar-refractivity contribution in [2.45, 2.75) is 19.4 Å². The molecule has 0 radical (unpaired) electrons. The summed E-state index contributed by atoms with van der Waals surface area (Å²) >= 11 is 0. The first-order chi connectivity index (χ1) is 8.72. The number of nitrogens with two attached hydrogens (primary N) is 1. The summed E-state index contributed by atoms with van der Waals surface area (Å²) in [6.07, 6.45) is 0.446. The molecule has 2 rings (SSSR count). The molecule has 0 spiro atoms. The molecule has 18 heavy (non-hydrogen) atoms. The maximum Gasteiger partial charge on any atom is 0.229 e. The van der Waals surface area contributed by atoms with Crippen molar-refractivity contribution < 1.29 is 9.26 Å². The quantitative estimate of drug-likeness (QED) is 0.867. The molecule has 0 bridgehead atoms. The summed E-state index contributed by atoms with van der Waals surface area (Å²) in [5, 5.41) is 3.97. The summed E-state index contributed by atoms with van der Waals surface area (Å²) in [5.41, 5.74) is 7.67. The van der Waals surface area contributed by atoms with Gasteiger partial charge in [0.25, 0.3) is 0 Å². The molecule has 0 aliphatic rings. The van der Waals surface area contributed by atoms with Crippen LogP contribution in [0, 0.1) is 6.92 Å². The third-order valence-electron chi connectivity index (χ3n) is 2.74. The maximum absolute atomic E-state index is 5.55. The molecular weight excluding hydrogens is 230 g/mol. The van der Waals surface area contributed by atoms with Crippen LogP contribution >= 0.6 is 0 Å². The molecular formula is C13H17N3O2. The zero-order chi connectivity index (χ0) is 13.0. The van der Waals surface area contributed by atoms with Gasteiger partial charge in [-0.05, 0) is 13.0 Å². The summed E-state index contributed by atoms with van der Waals surface area (Å²) in [6.45, 7) is 2.46. The molecule has 0 saturated carbocycles. The van der Waals surface area contributed by atoms with Crippen molar-refractivity contribution in [2.24, 2.45) is 5.73 Å². The summed E-state index contributed by atoms with van der Waals surface area (Å²) in [6, 6.07) is 7.97. The van der Waals surface area contributed by atoms with Crippen molar-refractivity contribution >= 4 is 0 Å². The molecule has 1 aromatic heterocycles. The van der Waals surface area contributed by atoms with Crippen molar-refractivity contribution in [1.82, 2.24) is 10.1 Å². The minimum Gasteiger partial charge on any atom is -0.380 e. The van der Waals surface area contributed by atoms with Crippen LogP contribution in [0.2, 0.25) is 0 Å². The van der Waals surface area contributed by atoms with Gasteiger partial charge >= 0.3 is 0 Å². The molecule has 1 atom stereocenters. The molecule has 2 aromatic rings. The Hall–Kier alpha value is -1.72. The zero-order valence-corrected chi connectivity index (χ0v) is 10.6. The number of hydrogen-bond donors (Lipinski definition) is 1. The minimum atomic E-state index is -0.0872. The Morgan fingerprint density at radius 3 is 2.94 bits per heavy atom. The molecule has 1 aromatic carbocycles. The summed E-state index contributed by atoms with van der Waals surface area (Å²) in [5.74, 6) is 1.14. The normalized spacial score (nSPS) is 12.6. The van der Waals surface area contributed by atoms with E-state index in [0.717, 1.165) is 11.1 Å². The van der Waals surface area contributed by atoms with Crippen LogP contribution in [0.3, 0.4) is 0 Å². The summed E-state index contributed by atoms with van der Waals surface area (Å²) in [4.78, 5) is 4.34. The van der Waals surface area contributed by atoms with E-state index in [-0.39, 0.29) is 6.10 Å². The van der Waals surface area contributed by atoms with Crippen LogP contribution in [-0.4, -0.2) is 29.9 Å². The van der Waals surface area contributed by atoms with Gasteiger partial charge in [0.2, 0.25) is 11.7 Å². The summed E-state index contributed by atoms with van der Waals surface area (Å²) < 4.78 is 10.4. The van der Waals surface area contributed by atoms with Gasteiger partial charge in [-0.25, -0.2) is 0 Å². The number of benzene rings is 1. The lowest BCUT2D eigenvalue weighted by atomic mass is 10.1. The SMILES string of the molecule is COC(CN)Cc1nc(-c2cccc(C)c2)no1. The highest BCUT2D eigenvalue weighted by molar-refractivity contribution is 5.55. The highest BCUT2D eigenvalue weighted by atomic mass is 16.5. The van der Waals surface area contributed by atoms with Gasteiger partial charge in [-0.3, -0.25) is 0 Å². The van der Waals surface area contributed by atoms with Crippen LogP contribution in [0.1, 0.15) is 11.5 Å². The van der Waals surface area contributed by atoms with E-state index in [4.69, 9.17) is 15.0 Å². The first-order valence-corrected chi connectivity index (χ1v) is 5.85. The highest BCUT2D eigenvalue weighted by Gasteiger charge is 2.13. The lowest BCUT2D eigenvalue weighted by Gasteiger charge is -2.08. The zero-order valence-electron chi connectivity index (χ0n) is 10.6. The van der Waals surface area contributed by atoms with E-state index in [2.05, 4.69) is 10.1 Å². The van der Waals surface area contributed by atoms with Crippen LogP contribution in [0.5, 0.6) is 0 Å². The topological polar surface area (TPSA) is 74.2 Å². The Morgan fingerprint density at radius 1 is 1.44 bits per heavy atom. The number of nitrogens with zero attached hydrogens (tertiary/aromatic N) is 2. The van der Waals surface area contributed by atoms with Crippen LogP contribution in [0.25, 0.3) is 11.4 Å².